The van der Waals surface area contributed by atoms with Gasteiger partial charge in [0.1, 0.15) is 29.5 Å². The summed E-state index contributed by atoms with van der Waals surface area (Å²) in [5, 5.41) is 4.07. The van der Waals surface area contributed by atoms with Crippen LogP contribution >= 0.6 is 0 Å². The number of nitrogens with zero attached hydrogens (tertiary/aromatic N) is 2. The molecule has 1 aliphatic rings. The number of aromatic nitrogens is 2. The molecule has 24 heavy (non-hydrogen) atoms. The fraction of sp³-hybridized carbons (Fsp3) is 0.294. The third kappa shape index (κ3) is 2.46. The molecular formula is C17H16FN3O3. The highest BCUT2D eigenvalue weighted by atomic mass is 19.1. The summed E-state index contributed by atoms with van der Waals surface area (Å²) in [6.07, 6.45) is 1.44. The number of ether oxygens (including phenoxy) is 2. The number of fused-ring (bicyclic) bond motifs is 2. The molecule has 0 unspecified atom stereocenters. The van der Waals surface area contributed by atoms with Crippen molar-refractivity contribution in [3.05, 3.63) is 46.7 Å². The van der Waals surface area contributed by atoms with Crippen LogP contribution in [-0.4, -0.2) is 16.8 Å². The van der Waals surface area contributed by atoms with Crippen molar-refractivity contribution < 1.29 is 18.3 Å². The van der Waals surface area contributed by atoms with Crippen LogP contribution < -0.4 is 10.1 Å². The molecule has 1 aromatic carbocycles. The van der Waals surface area contributed by atoms with Gasteiger partial charge in [-0.2, -0.15) is 0 Å². The van der Waals surface area contributed by atoms with Crippen LogP contribution in [-0.2, 0) is 17.9 Å². The number of furan rings is 1. The molecule has 0 fully saturated rings. The first-order valence-electron chi connectivity index (χ1n) is 7.60. The van der Waals surface area contributed by atoms with E-state index in [-0.39, 0.29) is 12.6 Å². The van der Waals surface area contributed by atoms with Gasteiger partial charge in [0.05, 0.1) is 12.0 Å². The summed E-state index contributed by atoms with van der Waals surface area (Å²) in [5.74, 6) is 1.81. The molecule has 0 amide bonds. The number of halogens is 1. The van der Waals surface area contributed by atoms with E-state index >= 15 is 0 Å². The number of aryl methyl sites for hydroxylation is 2. The summed E-state index contributed by atoms with van der Waals surface area (Å²) in [6.45, 7) is 4.73. The Morgan fingerprint density at radius 1 is 1.25 bits per heavy atom. The minimum Gasteiger partial charge on any atom is -0.467 e. The second-order valence-electron chi connectivity index (χ2n) is 5.70. The Morgan fingerprint density at radius 3 is 3.00 bits per heavy atom. The van der Waals surface area contributed by atoms with Gasteiger partial charge in [-0.25, -0.2) is 14.4 Å². The molecule has 124 valence electrons. The molecule has 3 heterocycles. The third-order valence-electron chi connectivity index (χ3n) is 4.16. The van der Waals surface area contributed by atoms with E-state index in [0.29, 0.717) is 36.0 Å². The number of hydrogen-bond acceptors (Lipinski definition) is 6. The molecule has 0 bridgehead atoms. The Balaban J connectivity index is 1.68. The summed E-state index contributed by atoms with van der Waals surface area (Å²) in [7, 11) is 0. The number of rotatable bonds is 3. The number of hydrogen-bond donors (Lipinski definition) is 1. The number of benzene rings is 1. The Morgan fingerprint density at radius 2 is 2.12 bits per heavy atom. The van der Waals surface area contributed by atoms with E-state index in [1.165, 1.54) is 18.5 Å². The highest BCUT2D eigenvalue weighted by molar-refractivity contribution is 5.89. The number of anilines is 1. The molecule has 0 aliphatic carbocycles. The molecule has 1 aliphatic heterocycles. The van der Waals surface area contributed by atoms with Gasteiger partial charge < -0.3 is 19.2 Å². The molecule has 0 saturated heterocycles. The lowest BCUT2D eigenvalue weighted by Crippen LogP contribution is -2.15. The van der Waals surface area contributed by atoms with E-state index in [0.717, 1.165) is 22.3 Å². The van der Waals surface area contributed by atoms with Crippen LogP contribution in [0.25, 0.3) is 11.1 Å². The monoisotopic (exact) mass is 329 g/mol. The topological polar surface area (TPSA) is 69.4 Å². The van der Waals surface area contributed by atoms with Crippen molar-refractivity contribution in [2.24, 2.45) is 0 Å². The van der Waals surface area contributed by atoms with Crippen molar-refractivity contribution in [3.8, 4) is 5.75 Å². The van der Waals surface area contributed by atoms with Crippen LogP contribution in [0.5, 0.6) is 5.75 Å². The van der Waals surface area contributed by atoms with Gasteiger partial charge in [-0.05, 0) is 26.0 Å². The molecule has 3 aromatic rings. The average molecular weight is 329 g/mol. The maximum Gasteiger partial charge on any atom is 0.231 e. The lowest BCUT2D eigenvalue weighted by molar-refractivity contribution is -0.0172. The third-order valence-corrected chi connectivity index (χ3v) is 4.16. The van der Waals surface area contributed by atoms with Gasteiger partial charge in [-0.1, -0.05) is 0 Å². The summed E-state index contributed by atoms with van der Waals surface area (Å²) in [5.41, 5.74) is 2.95. The van der Waals surface area contributed by atoms with Gasteiger partial charge in [0.15, 0.2) is 6.79 Å². The van der Waals surface area contributed by atoms with Crippen molar-refractivity contribution in [2.45, 2.75) is 27.0 Å². The molecule has 0 spiro atoms. The Hall–Kier alpha value is -2.67. The van der Waals surface area contributed by atoms with E-state index in [4.69, 9.17) is 13.9 Å². The first-order chi connectivity index (χ1) is 11.6. The van der Waals surface area contributed by atoms with E-state index in [1.54, 1.807) is 0 Å². The normalized spacial score (nSPS) is 13.6. The Labute approximate surface area is 137 Å². The van der Waals surface area contributed by atoms with E-state index in [2.05, 4.69) is 15.3 Å². The van der Waals surface area contributed by atoms with Crippen molar-refractivity contribution >= 4 is 16.9 Å². The molecule has 2 aromatic heterocycles. The SMILES string of the molecule is Cc1oc2ncnc(NCc3cc(F)cc4c3OCOC4)c2c1C. The average Bonchev–Trinajstić information content (AvgIpc) is 2.87. The van der Waals surface area contributed by atoms with E-state index in [1.807, 2.05) is 13.8 Å². The molecule has 0 saturated carbocycles. The van der Waals surface area contributed by atoms with Crippen molar-refractivity contribution in [1.29, 1.82) is 0 Å². The molecule has 6 nitrogen and oxygen atoms in total. The summed E-state index contributed by atoms with van der Waals surface area (Å²) in [4.78, 5) is 8.43. The fourth-order valence-electron chi connectivity index (χ4n) is 2.88. The standard InChI is InChI=1S/C17H16FN3O3/c1-9-10(2)24-17-14(9)16(20-7-21-17)19-5-11-3-13(18)4-12-6-22-8-23-15(11)12/h3-4,7H,5-6,8H2,1-2H3,(H,19,20,21). The summed E-state index contributed by atoms with van der Waals surface area (Å²) >= 11 is 0. The first kappa shape index (κ1) is 14.9. The van der Waals surface area contributed by atoms with Crippen molar-refractivity contribution in [1.82, 2.24) is 9.97 Å². The minimum absolute atomic E-state index is 0.170. The van der Waals surface area contributed by atoms with Crippen molar-refractivity contribution in [3.63, 3.8) is 0 Å². The van der Waals surface area contributed by atoms with Crippen LogP contribution in [0.4, 0.5) is 10.2 Å². The number of nitrogens with one attached hydrogen (secondary N) is 1. The van der Waals surface area contributed by atoms with Crippen LogP contribution in [0.2, 0.25) is 0 Å². The van der Waals surface area contributed by atoms with Gasteiger partial charge in [0.2, 0.25) is 5.71 Å². The second-order valence-corrected chi connectivity index (χ2v) is 5.70. The maximum atomic E-state index is 13.8. The zero-order valence-electron chi connectivity index (χ0n) is 13.4. The molecule has 4 rings (SSSR count). The smallest absolute Gasteiger partial charge is 0.231 e. The zero-order chi connectivity index (χ0) is 16.7. The zero-order valence-corrected chi connectivity index (χ0v) is 13.4. The summed E-state index contributed by atoms with van der Waals surface area (Å²) in [6, 6.07) is 2.90. The van der Waals surface area contributed by atoms with Crippen LogP contribution in [0.1, 0.15) is 22.5 Å². The predicted octanol–water partition coefficient (Wildman–Crippen LogP) is 3.46. The van der Waals surface area contributed by atoms with Gasteiger partial charge in [-0.15, -0.1) is 0 Å². The highest BCUT2D eigenvalue weighted by Crippen LogP contribution is 2.32. The van der Waals surface area contributed by atoms with Gasteiger partial charge in [-0.3, -0.25) is 0 Å². The van der Waals surface area contributed by atoms with E-state index < -0.39 is 0 Å². The molecule has 1 N–H and O–H groups in total. The van der Waals surface area contributed by atoms with Crippen LogP contribution in [0.3, 0.4) is 0 Å². The predicted molar refractivity (Wildman–Crippen MR) is 85.3 cm³/mol. The Bertz CT molecular complexity index is 923. The molecular weight excluding hydrogens is 313 g/mol. The minimum atomic E-state index is -0.317. The fourth-order valence-corrected chi connectivity index (χ4v) is 2.88. The lowest BCUT2D eigenvalue weighted by Gasteiger charge is -2.21. The van der Waals surface area contributed by atoms with E-state index in [9.17, 15) is 4.39 Å². The Kier molecular flexibility index (Phi) is 3.57. The highest BCUT2D eigenvalue weighted by Gasteiger charge is 2.18. The van der Waals surface area contributed by atoms with Gasteiger partial charge >= 0.3 is 0 Å². The van der Waals surface area contributed by atoms with Crippen LogP contribution in [0.15, 0.2) is 22.9 Å². The summed E-state index contributed by atoms with van der Waals surface area (Å²) < 4.78 is 30.2. The van der Waals surface area contributed by atoms with Crippen molar-refractivity contribution in [2.75, 3.05) is 12.1 Å². The van der Waals surface area contributed by atoms with Crippen LogP contribution in [0, 0.1) is 19.7 Å². The van der Waals surface area contributed by atoms with Gasteiger partial charge in [0, 0.05) is 23.2 Å². The quantitative estimate of drug-likeness (QED) is 0.793. The molecule has 0 atom stereocenters. The lowest BCUT2D eigenvalue weighted by atomic mass is 10.1. The first-order valence-corrected chi connectivity index (χ1v) is 7.60. The second kappa shape index (κ2) is 5.76. The molecule has 0 radical (unpaired) electrons. The molecule has 7 heteroatoms. The van der Waals surface area contributed by atoms with Gasteiger partial charge in [0.25, 0.3) is 0 Å². The maximum absolute atomic E-state index is 13.8. The largest absolute Gasteiger partial charge is 0.467 e.